The quantitative estimate of drug-likeness (QED) is 0.613. The fourth-order valence-electron chi connectivity index (χ4n) is 2.96. The highest BCUT2D eigenvalue weighted by Crippen LogP contribution is 2.19. The molecule has 2 amide bonds. The van der Waals surface area contributed by atoms with Gasteiger partial charge in [0, 0.05) is 24.2 Å². The van der Waals surface area contributed by atoms with Crippen LogP contribution in [-0.4, -0.2) is 33.2 Å². The first-order valence-electron chi connectivity index (χ1n) is 9.14. The van der Waals surface area contributed by atoms with E-state index in [0.717, 1.165) is 0 Å². The van der Waals surface area contributed by atoms with Crippen LogP contribution < -0.4 is 10.6 Å². The molecule has 3 aromatic rings. The van der Waals surface area contributed by atoms with Gasteiger partial charge in [0.2, 0.25) is 0 Å². The number of carbonyl (C=O) groups excluding carboxylic acids is 4. The summed E-state index contributed by atoms with van der Waals surface area (Å²) in [5, 5.41) is 9.42. The Balaban J connectivity index is 1.82. The molecule has 1 aromatic heterocycles. The Bertz CT molecular complexity index is 1160. The van der Waals surface area contributed by atoms with Crippen LogP contribution in [0.2, 0.25) is 0 Å². The number of para-hydroxylation sites is 2. The van der Waals surface area contributed by atoms with Crippen LogP contribution in [0.4, 0.5) is 11.4 Å². The maximum Gasteiger partial charge on any atom is 0.276 e. The van der Waals surface area contributed by atoms with Gasteiger partial charge in [0.25, 0.3) is 11.8 Å². The van der Waals surface area contributed by atoms with E-state index >= 15 is 0 Å². The summed E-state index contributed by atoms with van der Waals surface area (Å²) >= 11 is 0. The number of hydrogen-bond donors (Lipinski definition) is 2. The summed E-state index contributed by atoms with van der Waals surface area (Å²) in [6.45, 7) is 2.82. The van der Waals surface area contributed by atoms with Gasteiger partial charge in [-0.2, -0.15) is 5.10 Å². The van der Waals surface area contributed by atoms with Gasteiger partial charge in [-0.3, -0.25) is 23.9 Å². The fourth-order valence-corrected chi connectivity index (χ4v) is 2.96. The molecule has 8 nitrogen and oxygen atoms in total. The first-order valence-corrected chi connectivity index (χ1v) is 9.14. The molecule has 8 heteroatoms. The molecule has 0 bridgehead atoms. The van der Waals surface area contributed by atoms with Crippen LogP contribution in [-0.2, 0) is 7.05 Å². The van der Waals surface area contributed by atoms with Crippen molar-refractivity contribution in [3.05, 3.63) is 77.1 Å². The van der Waals surface area contributed by atoms with E-state index in [9.17, 15) is 19.2 Å². The van der Waals surface area contributed by atoms with Crippen molar-refractivity contribution in [1.29, 1.82) is 0 Å². The Kier molecular flexibility index (Phi) is 5.87. The minimum absolute atomic E-state index is 0.0147. The van der Waals surface area contributed by atoms with Gasteiger partial charge in [-0.1, -0.05) is 24.3 Å². The van der Waals surface area contributed by atoms with E-state index in [1.165, 1.54) is 31.6 Å². The highest BCUT2D eigenvalue weighted by Gasteiger charge is 2.20. The lowest BCUT2D eigenvalue weighted by Gasteiger charge is -2.08. The molecule has 0 saturated carbocycles. The Morgan fingerprint density at radius 1 is 0.767 bits per heavy atom. The van der Waals surface area contributed by atoms with Crippen LogP contribution in [0, 0.1) is 0 Å². The van der Waals surface area contributed by atoms with Gasteiger partial charge in [-0.25, -0.2) is 0 Å². The molecular weight excluding hydrogens is 384 g/mol. The van der Waals surface area contributed by atoms with Crippen molar-refractivity contribution >= 4 is 34.8 Å². The van der Waals surface area contributed by atoms with Gasteiger partial charge in [0.05, 0.1) is 11.4 Å². The highest BCUT2D eigenvalue weighted by atomic mass is 16.2. The summed E-state index contributed by atoms with van der Waals surface area (Å²) < 4.78 is 1.28. The monoisotopic (exact) mass is 404 g/mol. The van der Waals surface area contributed by atoms with Gasteiger partial charge < -0.3 is 10.6 Å². The Morgan fingerprint density at radius 2 is 1.23 bits per heavy atom. The zero-order valence-corrected chi connectivity index (χ0v) is 16.7. The first kappa shape index (κ1) is 20.7. The van der Waals surface area contributed by atoms with E-state index in [1.54, 1.807) is 48.5 Å². The van der Waals surface area contributed by atoms with Crippen LogP contribution in [0.15, 0.2) is 54.6 Å². The third-order valence-electron chi connectivity index (χ3n) is 4.45. The minimum Gasteiger partial charge on any atom is -0.320 e. The number of aromatic nitrogens is 2. The van der Waals surface area contributed by atoms with Crippen molar-refractivity contribution in [3.8, 4) is 0 Å². The highest BCUT2D eigenvalue weighted by molar-refractivity contribution is 6.11. The van der Waals surface area contributed by atoms with Gasteiger partial charge >= 0.3 is 0 Å². The number of anilines is 2. The lowest BCUT2D eigenvalue weighted by atomic mass is 10.1. The third kappa shape index (κ3) is 4.33. The molecular formula is C22H20N4O4. The van der Waals surface area contributed by atoms with Crippen LogP contribution in [0.25, 0.3) is 0 Å². The Labute approximate surface area is 172 Å². The van der Waals surface area contributed by atoms with Crippen molar-refractivity contribution in [2.24, 2.45) is 7.05 Å². The van der Waals surface area contributed by atoms with E-state index < -0.39 is 11.8 Å². The summed E-state index contributed by atoms with van der Waals surface area (Å²) in [5.41, 5.74) is 1.64. The second kappa shape index (κ2) is 8.52. The number of rotatable bonds is 6. The Morgan fingerprint density at radius 3 is 1.73 bits per heavy atom. The number of ketones is 2. The molecule has 30 heavy (non-hydrogen) atoms. The predicted octanol–water partition coefficient (Wildman–Crippen LogP) is 3.33. The van der Waals surface area contributed by atoms with E-state index in [0.29, 0.717) is 22.5 Å². The van der Waals surface area contributed by atoms with Gasteiger partial charge in [0.15, 0.2) is 17.3 Å². The normalized spacial score (nSPS) is 10.4. The molecule has 0 aliphatic carbocycles. The molecule has 0 aliphatic rings. The summed E-state index contributed by atoms with van der Waals surface area (Å²) in [6.07, 6.45) is 0. The maximum atomic E-state index is 12.7. The largest absolute Gasteiger partial charge is 0.320 e. The number of carbonyl (C=O) groups is 4. The molecule has 0 atom stereocenters. The number of benzene rings is 2. The number of nitrogens with zero attached hydrogens (tertiary/aromatic N) is 2. The smallest absolute Gasteiger partial charge is 0.276 e. The molecule has 2 N–H and O–H groups in total. The molecule has 3 rings (SSSR count). The lowest BCUT2D eigenvalue weighted by Crippen LogP contribution is -2.17. The summed E-state index contributed by atoms with van der Waals surface area (Å²) in [7, 11) is 1.53. The minimum atomic E-state index is -0.553. The van der Waals surface area contributed by atoms with Crippen LogP contribution in [0.3, 0.4) is 0 Å². The molecule has 0 fully saturated rings. The van der Waals surface area contributed by atoms with Crippen molar-refractivity contribution in [2.45, 2.75) is 13.8 Å². The summed E-state index contributed by atoms with van der Waals surface area (Å²) in [5.74, 6) is -1.43. The number of hydrogen-bond acceptors (Lipinski definition) is 5. The topological polar surface area (TPSA) is 110 Å². The van der Waals surface area contributed by atoms with Crippen molar-refractivity contribution in [1.82, 2.24) is 9.78 Å². The molecule has 0 aliphatic heterocycles. The predicted molar refractivity (Wildman–Crippen MR) is 112 cm³/mol. The lowest BCUT2D eigenvalue weighted by molar-refractivity contribution is 0.0999. The summed E-state index contributed by atoms with van der Waals surface area (Å²) in [6, 6.07) is 14.6. The van der Waals surface area contributed by atoms with Gasteiger partial charge in [-0.15, -0.1) is 0 Å². The SMILES string of the molecule is CC(=O)c1ccccc1NC(=O)c1cc(C(=O)Nc2ccccc2C(C)=O)n(C)n1. The number of Topliss-reactive ketones (excluding diaryl/α,β-unsaturated/α-hetero) is 2. The fraction of sp³-hybridized carbons (Fsp3) is 0.136. The van der Waals surface area contributed by atoms with Crippen molar-refractivity contribution in [3.63, 3.8) is 0 Å². The molecule has 1 heterocycles. The van der Waals surface area contributed by atoms with Crippen LogP contribution in [0.5, 0.6) is 0 Å². The zero-order chi connectivity index (χ0) is 21.8. The van der Waals surface area contributed by atoms with Gasteiger partial charge in [0.1, 0.15) is 5.69 Å². The van der Waals surface area contributed by atoms with E-state index in [2.05, 4.69) is 15.7 Å². The van der Waals surface area contributed by atoms with E-state index in [-0.39, 0.29) is 23.0 Å². The molecule has 0 radical (unpaired) electrons. The van der Waals surface area contributed by atoms with E-state index in [4.69, 9.17) is 0 Å². The average molecular weight is 404 g/mol. The number of aryl methyl sites for hydroxylation is 1. The van der Waals surface area contributed by atoms with Crippen LogP contribution >= 0.6 is 0 Å². The maximum absolute atomic E-state index is 12.7. The molecule has 0 saturated heterocycles. The van der Waals surface area contributed by atoms with Crippen molar-refractivity contribution < 1.29 is 19.2 Å². The number of nitrogens with one attached hydrogen (secondary N) is 2. The summed E-state index contributed by atoms with van der Waals surface area (Å²) in [4.78, 5) is 48.8. The van der Waals surface area contributed by atoms with Crippen molar-refractivity contribution in [2.75, 3.05) is 10.6 Å². The molecule has 0 spiro atoms. The molecule has 152 valence electrons. The van der Waals surface area contributed by atoms with E-state index in [1.807, 2.05) is 0 Å². The second-order valence-corrected chi connectivity index (χ2v) is 6.65. The average Bonchev–Trinajstić information content (AvgIpc) is 3.10. The third-order valence-corrected chi connectivity index (χ3v) is 4.45. The number of amides is 2. The van der Waals surface area contributed by atoms with Crippen LogP contribution in [0.1, 0.15) is 55.5 Å². The zero-order valence-electron chi connectivity index (χ0n) is 16.7. The second-order valence-electron chi connectivity index (χ2n) is 6.65. The standard InChI is InChI=1S/C22H20N4O4/c1-13(27)15-8-4-6-10-17(15)23-21(29)19-12-20(26(3)25-19)22(30)24-18-11-7-5-9-16(18)14(2)28/h4-12H,1-3H3,(H,23,29)(H,24,30). The molecule has 0 unspecified atom stereocenters. The van der Waals surface area contributed by atoms with Gasteiger partial charge in [-0.05, 0) is 38.1 Å². The molecule has 2 aromatic carbocycles. The Hall–Kier alpha value is -4.07. The first-order chi connectivity index (χ1) is 14.3.